The van der Waals surface area contributed by atoms with Gasteiger partial charge in [0.2, 0.25) is 0 Å². The van der Waals surface area contributed by atoms with Gasteiger partial charge in [0.1, 0.15) is 0 Å². The van der Waals surface area contributed by atoms with Gasteiger partial charge in [-0.05, 0) is 48.5 Å². The van der Waals surface area contributed by atoms with E-state index in [1.54, 1.807) is 11.4 Å². The normalized spacial score (nSPS) is 28.3. The number of rotatable bonds is 2. The second-order valence-electron chi connectivity index (χ2n) is 6.64. The van der Waals surface area contributed by atoms with Crippen LogP contribution in [0.1, 0.15) is 61.7 Å². The molecule has 0 aliphatic heterocycles. The van der Waals surface area contributed by atoms with E-state index in [2.05, 4.69) is 20.8 Å². The Balaban J connectivity index is 2.18. The van der Waals surface area contributed by atoms with E-state index in [0.29, 0.717) is 23.6 Å². The van der Waals surface area contributed by atoms with Gasteiger partial charge in [0.15, 0.2) is 0 Å². The third kappa shape index (κ3) is 2.84. The van der Waals surface area contributed by atoms with Gasteiger partial charge in [-0.3, -0.25) is 0 Å². The zero-order valence-corrected chi connectivity index (χ0v) is 12.6. The standard InChI is InChI=1S/C15H22O3S/c1-14(2,3)10-4-7-15(18,8-5-10)12-11(13(16)17)6-9-19-12/h6,9-10,18H,4-5,7-8H2,1-3H3,(H,16,17). The summed E-state index contributed by atoms with van der Waals surface area (Å²) in [5.74, 6) is -0.344. The van der Waals surface area contributed by atoms with Crippen molar-refractivity contribution < 1.29 is 15.0 Å². The summed E-state index contributed by atoms with van der Waals surface area (Å²) >= 11 is 1.36. The number of carboxylic acids is 1. The van der Waals surface area contributed by atoms with Crippen molar-refractivity contribution in [2.75, 3.05) is 0 Å². The maximum Gasteiger partial charge on any atom is 0.336 e. The maximum absolute atomic E-state index is 11.2. The Hall–Kier alpha value is -0.870. The molecule has 4 heteroatoms. The highest BCUT2D eigenvalue weighted by atomic mass is 32.1. The number of hydrogen-bond donors (Lipinski definition) is 2. The van der Waals surface area contributed by atoms with Gasteiger partial charge in [-0.25, -0.2) is 4.79 Å². The fourth-order valence-electron chi connectivity index (χ4n) is 3.03. The van der Waals surface area contributed by atoms with Crippen LogP contribution in [0.5, 0.6) is 0 Å². The van der Waals surface area contributed by atoms with Crippen LogP contribution in [0.2, 0.25) is 0 Å². The average Bonchev–Trinajstić information content (AvgIpc) is 2.77. The summed E-state index contributed by atoms with van der Waals surface area (Å²) in [6.45, 7) is 6.70. The second-order valence-corrected chi connectivity index (χ2v) is 7.56. The van der Waals surface area contributed by atoms with Crippen LogP contribution < -0.4 is 0 Å². The van der Waals surface area contributed by atoms with Gasteiger partial charge in [0.25, 0.3) is 0 Å². The van der Waals surface area contributed by atoms with E-state index >= 15 is 0 Å². The number of hydrogen-bond acceptors (Lipinski definition) is 3. The molecule has 0 amide bonds. The minimum Gasteiger partial charge on any atom is -0.478 e. The molecular weight excluding hydrogens is 260 g/mol. The summed E-state index contributed by atoms with van der Waals surface area (Å²) in [7, 11) is 0. The molecule has 0 atom stereocenters. The van der Waals surface area contributed by atoms with E-state index in [0.717, 1.165) is 12.8 Å². The summed E-state index contributed by atoms with van der Waals surface area (Å²) in [5, 5.41) is 21.7. The van der Waals surface area contributed by atoms with Gasteiger partial charge in [-0.15, -0.1) is 11.3 Å². The number of carboxylic acid groups (broad SMARTS) is 1. The van der Waals surface area contributed by atoms with Crippen LogP contribution in [0.4, 0.5) is 0 Å². The van der Waals surface area contributed by atoms with Crippen LogP contribution in [0.3, 0.4) is 0 Å². The first-order valence-corrected chi connectivity index (χ1v) is 7.66. The number of aromatic carboxylic acids is 1. The molecule has 2 rings (SSSR count). The first kappa shape index (κ1) is 14.5. The van der Waals surface area contributed by atoms with Gasteiger partial charge < -0.3 is 10.2 Å². The van der Waals surface area contributed by atoms with Crippen LogP contribution in [-0.2, 0) is 5.60 Å². The molecule has 1 aliphatic rings. The predicted octanol–water partition coefficient (Wildman–Crippen LogP) is 3.87. The lowest BCUT2D eigenvalue weighted by molar-refractivity contribution is -0.0277. The molecule has 2 N–H and O–H groups in total. The SMILES string of the molecule is CC(C)(C)C1CCC(O)(c2sccc2C(=O)O)CC1. The van der Waals surface area contributed by atoms with Gasteiger partial charge in [-0.2, -0.15) is 0 Å². The minimum atomic E-state index is -0.942. The lowest BCUT2D eigenvalue weighted by atomic mass is 9.68. The first-order chi connectivity index (χ1) is 8.74. The lowest BCUT2D eigenvalue weighted by Gasteiger charge is -2.41. The van der Waals surface area contributed by atoms with Crippen molar-refractivity contribution >= 4 is 17.3 Å². The van der Waals surface area contributed by atoms with Gasteiger partial charge in [0.05, 0.1) is 16.0 Å². The lowest BCUT2D eigenvalue weighted by Crippen LogP contribution is -2.35. The largest absolute Gasteiger partial charge is 0.478 e. The fourth-order valence-corrected chi connectivity index (χ4v) is 4.07. The summed E-state index contributed by atoms with van der Waals surface area (Å²) < 4.78 is 0. The Kier molecular flexibility index (Phi) is 3.76. The van der Waals surface area contributed by atoms with E-state index < -0.39 is 11.6 Å². The quantitative estimate of drug-likeness (QED) is 0.865. The highest BCUT2D eigenvalue weighted by Crippen LogP contribution is 2.47. The molecule has 1 aliphatic carbocycles. The Morgan fingerprint density at radius 1 is 1.37 bits per heavy atom. The number of carbonyl (C=O) groups is 1. The average molecular weight is 282 g/mol. The highest BCUT2D eigenvalue weighted by Gasteiger charge is 2.41. The number of thiophene rings is 1. The smallest absolute Gasteiger partial charge is 0.336 e. The Morgan fingerprint density at radius 3 is 2.42 bits per heavy atom. The summed E-state index contributed by atoms with van der Waals surface area (Å²) in [5.41, 5.74) is -0.419. The first-order valence-electron chi connectivity index (χ1n) is 6.78. The van der Waals surface area contributed by atoms with Gasteiger partial charge >= 0.3 is 5.97 Å². The highest BCUT2D eigenvalue weighted by molar-refractivity contribution is 7.10. The summed E-state index contributed by atoms with van der Waals surface area (Å²) in [4.78, 5) is 11.8. The molecule has 1 saturated carbocycles. The van der Waals surface area contributed by atoms with E-state index in [1.807, 2.05) is 0 Å². The third-order valence-electron chi connectivity index (χ3n) is 4.36. The zero-order valence-electron chi connectivity index (χ0n) is 11.8. The van der Waals surface area contributed by atoms with E-state index in [9.17, 15) is 15.0 Å². The third-order valence-corrected chi connectivity index (χ3v) is 5.46. The molecule has 0 bridgehead atoms. The minimum absolute atomic E-state index is 0.256. The monoisotopic (exact) mass is 282 g/mol. The molecule has 0 radical (unpaired) electrons. The van der Waals surface area contributed by atoms with Crippen molar-refractivity contribution in [2.45, 2.75) is 52.1 Å². The van der Waals surface area contributed by atoms with E-state index in [-0.39, 0.29) is 11.0 Å². The molecule has 0 saturated heterocycles. The van der Waals surface area contributed by atoms with Crippen molar-refractivity contribution in [3.8, 4) is 0 Å². The van der Waals surface area contributed by atoms with Crippen LogP contribution in [0, 0.1) is 11.3 Å². The molecule has 0 aromatic carbocycles. The van der Waals surface area contributed by atoms with Crippen LogP contribution in [-0.4, -0.2) is 16.2 Å². The molecule has 1 aromatic rings. The summed E-state index contributed by atoms with van der Waals surface area (Å²) in [6, 6.07) is 1.59. The molecule has 0 spiro atoms. The Bertz CT molecular complexity index is 462. The van der Waals surface area contributed by atoms with Gasteiger partial charge in [-0.1, -0.05) is 20.8 Å². The Labute approximate surface area is 118 Å². The fraction of sp³-hybridized carbons (Fsp3) is 0.667. The van der Waals surface area contributed by atoms with E-state index in [4.69, 9.17) is 0 Å². The van der Waals surface area contributed by atoms with Crippen LogP contribution >= 0.6 is 11.3 Å². The zero-order chi connectivity index (χ0) is 14.3. The van der Waals surface area contributed by atoms with Crippen LogP contribution in [0.15, 0.2) is 11.4 Å². The molecule has 0 unspecified atom stereocenters. The topological polar surface area (TPSA) is 57.5 Å². The molecule has 1 heterocycles. The molecule has 1 aromatic heterocycles. The second kappa shape index (κ2) is 4.91. The van der Waals surface area contributed by atoms with Crippen molar-refractivity contribution in [2.24, 2.45) is 11.3 Å². The van der Waals surface area contributed by atoms with Crippen molar-refractivity contribution in [1.82, 2.24) is 0 Å². The van der Waals surface area contributed by atoms with Crippen molar-refractivity contribution in [3.63, 3.8) is 0 Å². The molecule has 106 valence electrons. The maximum atomic E-state index is 11.2. The number of aliphatic hydroxyl groups is 1. The predicted molar refractivity (Wildman–Crippen MR) is 76.6 cm³/mol. The van der Waals surface area contributed by atoms with Gasteiger partial charge in [0, 0.05) is 0 Å². The van der Waals surface area contributed by atoms with Crippen molar-refractivity contribution in [3.05, 3.63) is 21.9 Å². The van der Waals surface area contributed by atoms with E-state index in [1.165, 1.54) is 11.3 Å². The summed E-state index contributed by atoms with van der Waals surface area (Å²) in [6.07, 6.45) is 3.24. The van der Waals surface area contributed by atoms with Crippen LogP contribution in [0.25, 0.3) is 0 Å². The molecular formula is C15H22O3S. The molecule has 19 heavy (non-hydrogen) atoms. The Morgan fingerprint density at radius 2 is 1.95 bits per heavy atom. The molecule has 3 nitrogen and oxygen atoms in total. The van der Waals surface area contributed by atoms with Crippen molar-refractivity contribution in [1.29, 1.82) is 0 Å². The molecule has 1 fully saturated rings.